The van der Waals surface area contributed by atoms with Gasteiger partial charge in [-0.25, -0.2) is 4.79 Å². The lowest BCUT2D eigenvalue weighted by Gasteiger charge is -2.27. The van der Waals surface area contributed by atoms with Crippen molar-refractivity contribution in [3.05, 3.63) is 103 Å². The lowest BCUT2D eigenvalue weighted by molar-refractivity contribution is 0.137. The number of hydrogen-bond acceptors (Lipinski definition) is 5. The van der Waals surface area contributed by atoms with Crippen molar-refractivity contribution in [3.63, 3.8) is 0 Å². The molecule has 37 heavy (non-hydrogen) atoms. The van der Waals surface area contributed by atoms with Crippen molar-refractivity contribution in [1.82, 2.24) is 20.3 Å². The third-order valence-electron chi connectivity index (χ3n) is 6.00. The van der Waals surface area contributed by atoms with E-state index in [2.05, 4.69) is 28.7 Å². The van der Waals surface area contributed by atoms with Crippen LogP contribution in [0.1, 0.15) is 37.5 Å². The third-order valence-corrected chi connectivity index (χ3v) is 6.00. The fraction of sp³-hybridized carbons (Fsp3) is 0.233. The number of aromatic nitrogens is 3. The summed E-state index contributed by atoms with van der Waals surface area (Å²) in [6.45, 7) is 14.2. The summed E-state index contributed by atoms with van der Waals surface area (Å²) >= 11 is 0. The predicted molar refractivity (Wildman–Crippen MR) is 147 cm³/mol. The molecule has 0 saturated carbocycles. The second-order valence-electron chi connectivity index (χ2n) is 9.38. The lowest BCUT2D eigenvalue weighted by atomic mass is 9.92. The summed E-state index contributed by atoms with van der Waals surface area (Å²) in [6, 6.07) is 21.4. The van der Waals surface area contributed by atoms with Crippen molar-refractivity contribution in [1.29, 1.82) is 0 Å². The molecule has 0 radical (unpaired) electrons. The van der Waals surface area contributed by atoms with Gasteiger partial charge in [-0.15, -0.1) is 15.0 Å². The van der Waals surface area contributed by atoms with Crippen molar-refractivity contribution in [2.75, 3.05) is 13.2 Å². The molecule has 3 aromatic carbocycles. The Bertz CT molecular complexity index is 1400. The van der Waals surface area contributed by atoms with Gasteiger partial charge in [0.2, 0.25) is 0 Å². The molecule has 0 aliphatic heterocycles. The van der Waals surface area contributed by atoms with Crippen LogP contribution in [-0.4, -0.2) is 34.3 Å². The van der Waals surface area contributed by atoms with E-state index < -0.39 is 11.6 Å². The van der Waals surface area contributed by atoms with Crippen LogP contribution in [-0.2, 0) is 16.7 Å². The predicted octanol–water partition coefficient (Wildman–Crippen LogP) is 6.22. The van der Waals surface area contributed by atoms with Crippen LogP contribution in [0.4, 0.5) is 4.79 Å². The van der Waals surface area contributed by atoms with E-state index >= 15 is 0 Å². The van der Waals surface area contributed by atoms with Gasteiger partial charge >= 0.3 is 6.09 Å². The van der Waals surface area contributed by atoms with E-state index in [1.54, 1.807) is 10.9 Å². The Morgan fingerprint density at radius 2 is 1.78 bits per heavy atom. The first-order valence-electron chi connectivity index (χ1n) is 12.2. The number of nitrogens with one attached hydrogen (secondary N) is 1. The van der Waals surface area contributed by atoms with E-state index in [1.807, 2.05) is 87.5 Å². The molecule has 0 spiro atoms. The Morgan fingerprint density at radius 3 is 2.46 bits per heavy atom. The monoisotopic (exact) mass is 496 g/mol. The molecule has 1 aromatic heterocycles. The number of ether oxygens (including phenoxy) is 2. The number of hydrogen-bond donors (Lipinski definition) is 1. The van der Waals surface area contributed by atoms with Gasteiger partial charge in [0, 0.05) is 6.42 Å². The normalized spacial score (nSPS) is 11.2. The molecule has 7 nitrogen and oxygen atoms in total. The second kappa shape index (κ2) is 11.1. The SMILES string of the molecule is C=CCOc1ccc(CCOC(=O)NC(C)(C)c2cccc(C(=C)C)c2)cc1-n1nc2ccccc2n1. The van der Waals surface area contributed by atoms with E-state index in [0.717, 1.165) is 33.3 Å². The highest BCUT2D eigenvalue weighted by molar-refractivity contribution is 5.73. The van der Waals surface area contributed by atoms with Gasteiger partial charge in [0.05, 0.1) is 12.1 Å². The maximum Gasteiger partial charge on any atom is 0.407 e. The average molecular weight is 497 g/mol. The highest BCUT2D eigenvalue weighted by atomic mass is 16.5. The Hall–Kier alpha value is -4.39. The van der Waals surface area contributed by atoms with Gasteiger partial charge in [-0.05, 0) is 67.8 Å². The number of carbonyl (C=O) groups excluding carboxylic acids is 1. The van der Waals surface area contributed by atoms with Gasteiger partial charge in [0.1, 0.15) is 29.1 Å². The van der Waals surface area contributed by atoms with Crippen molar-refractivity contribution in [2.24, 2.45) is 0 Å². The first-order chi connectivity index (χ1) is 17.8. The number of amides is 1. The third kappa shape index (κ3) is 6.25. The van der Waals surface area contributed by atoms with Crippen LogP contribution in [0.15, 0.2) is 86.0 Å². The minimum Gasteiger partial charge on any atom is -0.487 e. The highest BCUT2D eigenvalue weighted by Gasteiger charge is 2.24. The molecule has 4 aromatic rings. The molecule has 4 rings (SSSR count). The molecular weight excluding hydrogens is 464 g/mol. The molecule has 0 fully saturated rings. The summed E-state index contributed by atoms with van der Waals surface area (Å²) in [7, 11) is 0. The number of rotatable bonds is 10. The van der Waals surface area contributed by atoms with Crippen LogP contribution in [0.25, 0.3) is 22.3 Å². The zero-order valence-corrected chi connectivity index (χ0v) is 21.5. The molecule has 7 heteroatoms. The molecule has 1 amide bonds. The molecule has 0 unspecified atom stereocenters. The van der Waals surface area contributed by atoms with Crippen LogP contribution in [0.3, 0.4) is 0 Å². The molecule has 0 bridgehead atoms. The fourth-order valence-corrected chi connectivity index (χ4v) is 3.91. The van der Waals surface area contributed by atoms with E-state index in [0.29, 0.717) is 24.5 Å². The second-order valence-corrected chi connectivity index (χ2v) is 9.38. The smallest absolute Gasteiger partial charge is 0.407 e. The van der Waals surface area contributed by atoms with Gasteiger partial charge in [-0.1, -0.05) is 61.2 Å². The van der Waals surface area contributed by atoms with E-state index in [4.69, 9.17) is 9.47 Å². The quantitative estimate of drug-likeness (QED) is 0.264. The summed E-state index contributed by atoms with van der Waals surface area (Å²) in [5.41, 5.74) is 5.63. The van der Waals surface area contributed by atoms with Gasteiger partial charge in [-0.2, -0.15) is 0 Å². The molecule has 1 N–H and O–H groups in total. The zero-order valence-electron chi connectivity index (χ0n) is 21.5. The molecule has 0 aliphatic rings. The number of benzene rings is 3. The number of nitrogens with zero attached hydrogens (tertiary/aromatic N) is 3. The minimum atomic E-state index is -0.604. The van der Waals surface area contributed by atoms with Crippen molar-refractivity contribution in [2.45, 2.75) is 32.7 Å². The topological polar surface area (TPSA) is 78.3 Å². The number of allylic oxidation sites excluding steroid dienone is 1. The number of carbonyl (C=O) groups is 1. The Kier molecular flexibility index (Phi) is 7.72. The summed E-state index contributed by atoms with van der Waals surface area (Å²) in [5.74, 6) is 0.640. The summed E-state index contributed by atoms with van der Waals surface area (Å²) in [5, 5.41) is 12.1. The Labute approximate surface area is 217 Å². The fourth-order valence-electron chi connectivity index (χ4n) is 3.91. The van der Waals surface area contributed by atoms with Crippen LogP contribution in [0, 0.1) is 0 Å². The van der Waals surface area contributed by atoms with Gasteiger partial charge in [-0.3, -0.25) is 0 Å². The molecular formula is C30H32N4O3. The maximum absolute atomic E-state index is 12.6. The largest absolute Gasteiger partial charge is 0.487 e. The molecule has 0 aliphatic carbocycles. The summed E-state index contributed by atoms with van der Waals surface area (Å²) in [4.78, 5) is 14.2. The van der Waals surface area contributed by atoms with Crippen LogP contribution in [0.5, 0.6) is 5.75 Å². The number of fused-ring (bicyclic) bond motifs is 1. The standard InChI is InChI=1S/C30H32N4O3/c1-6-17-36-28-15-14-22(19-27(28)34-32-25-12-7-8-13-26(25)33-34)16-18-37-29(35)31-30(4,5)24-11-9-10-23(20-24)21(2)3/h6-15,19-20H,1-2,16-18H2,3-5H3,(H,31,35). The minimum absolute atomic E-state index is 0.217. The molecule has 1 heterocycles. The van der Waals surface area contributed by atoms with Crippen molar-refractivity contribution in [3.8, 4) is 11.4 Å². The van der Waals surface area contributed by atoms with Crippen LogP contribution >= 0.6 is 0 Å². The Balaban J connectivity index is 1.43. The summed E-state index contributed by atoms with van der Waals surface area (Å²) in [6.07, 6.45) is 1.74. The van der Waals surface area contributed by atoms with Gasteiger partial charge in [0.15, 0.2) is 0 Å². The summed E-state index contributed by atoms with van der Waals surface area (Å²) < 4.78 is 11.4. The van der Waals surface area contributed by atoms with Gasteiger partial charge in [0.25, 0.3) is 0 Å². The molecule has 0 atom stereocenters. The van der Waals surface area contributed by atoms with Crippen LogP contribution < -0.4 is 10.1 Å². The average Bonchev–Trinajstić information content (AvgIpc) is 3.32. The van der Waals surface area contributed by atoms with Gasteiger partial charge < -0.3 is 14.8 Å². The molecule has 190 valence electrons. The number of alkyl carbamates (subject to hydrolysis) is 1. The lowest BCUT2D eigenvalue weighted by Crippen LogP contribution is -2.41. The highest BCUT2D eigenvalue weighted by Crippen LogP contribution is 2.26. The molecule has 0 saturated heterocycles. The Morgan fingerprint density at radius 1 is 1.05 bits per heavy atom. The van der Waals surface area contributed by atoms with E-state index in [1.165, 1.54) is 0 Å². The first-order valence-corrected chi connectivity index (χ1v) is 12.2. The maximum atomic E-state index is 12.6. The van der Waals surface area contributed by atoms with E-state index in [-0.39, 0.29) is 6.61 Å². The van der Waals surface area contributed by atoms with Crippen molar-refractivity contribution < 1.29 is 14.3 Å². The van der Waals surface area contributed by atoms with Crippen molar-refractivity contribution >= 4 is 22.7 Å². The van der Waals surface area contributed by atoms with Crippen LogP contribution in [0.2, 0.25) is 0 Å². The van der Waals surface area contributed by atoms with E-state index in [9.17, 15) is 4.79 Å². The first kappa shape index (κ1) is 25.7. The zero-order chi connectivity index (χ0) is 26.4.